The molecule has 0 unspecified atom stereocenters. The summed E-state index contributed by atoms with van der Waals surface area (Å²) in [7, 11) is 0. The summed E-state index contributed by atoms with van der Waals surface area (Å²) < 4.78 is 5.36. The van der Waals surface area contributed by atoms with E-state index in [1.807, 2.05) is 30.3 Å². The van der Waals surface area contributed by atoms with E-state index in [9.17, 15) is 9.90 Å². The van der Waals surface area contributed by atoms with E-state index in [2.05, 4.69) is 5.32 Å². The van der Waals surface area contributed by atoms with Crippen molar-refractivity contribution in [3.05, 3.63) is 35.9 Å². The highest BCUT2D eigenvalue weighted by atomic mass is 16.5. The minimum absolute atomic E-state index is 0.0398. The molecule has 1 aromatic rings. The normalized spacial score (nSPS) is 23.0. The maximum atomic E-state index is 11.7. The fourth-order valence-corrected chi connectivity index (χ4v) is 2.36. The van der Waals surface area contributed by atoms with Crippen LogP contribution in [0, 0.1) is 0 Å². The summed E-state index contributed by atoms with van der Waals surface area (Å²) in [6.07, 6.45) is 3.32. The van der Waals surface area contributed by atoms with Crippen LogP contribution in [0.15, 0.2) is 30.3 Å². The highest BCUT2D eigenvalue weighted by Crippen LogP contribution is 2.18. The molecular weight excluding hydrogens is 242 g/mol. The molecule has 0 bridgehead atoms. The Kier molecular flexibility index (Phi) is 5.36. The average molecular weight is 263 g/mol. The molecule has 4 heteroatoms. The van der Waals surface area contributed by atoms with Crippen molar-refractivity contribution in [3.63, 3.8) is 0 Å². The number of hydrogen-bond acceptors (Lipinski definition) is 3. The van der Waals surface area contributed by atoms with Gasteiger partial charge in [-0.15, -0.1) is 0 Å². The molecule has 2 rings (SSSR count). The van der Waals surface area contributed by atoms with Crippen molar-refractivity contribution in [1.29, 1.82) is 0 Å². The first-order valence-electron chi connectivity index (χ1n) is 6.85. The van der Waals surface area contributed by atoms with Gasteiger partial charge in [0.1, 0.15) is 6.61 Å². The van der Waals surface area contributed by atoms with E-state index in [0.29, 0.717) is 6.61 Å². The zero-order valence-electron chi connectivity index (χ0n) is 11.0. The molecule has 0 aliphatic heterocycles. The Balaban J connectivity index is 1.67. The lowest BCUT2D eigenvalue weighted by Gasteiger charge is -2.28. The quantitative estimate of drug-likeness (QED) is 0.848. The molecule has 1 aromatic carbocycles. The van der Waals surface area contributed by atoms with Crippen molar-refractivity contribution < 1.29 is 14.6 Å². The van der Waals surface area contributed by atoms with Crippen LogP contribution >= 0.6 is 0 Å². The molecule has 1 fully saturated rings. The van der Waals surface area contributed by atoms with Gasteiger partial charge in [0, 0.05) is 0 Å². The van der Waals surface area contributed by atoms with Gasteiger partial charge in [-0.25, -0.2) is 0 Å². The van der Waals surface area contributed by atoms with E-state index in [-0.39, 0.29) is 18.6 Å². The Bertz CT molecular complexity index is 394. The van der Waals surface area contributed by atoms with Gasteiger partial charge >= 0.3 is 0 Å². The molecular formula is C15H21NO3. The molecule has 0 radical (unpaired) electrons. The van der Waals surface area contributed by atoms with Crippen LogP contribution in [-0.2, 0) is 16.1 Å². The van der Waals surface area contributed by atoms with Gasteiger partial charge in [-0.3, -0.25) is 4.79 Å². The molecule has 0 heterocycles. The van der Waals surface area contributed by atoms with Crippen LogP contribution in [0.4, 0.5) is 0 Å². The Morgan fingerprint density at radius 3 is 2.74 bits per heavy atom. The SMILES string of the molecule is O=C(COCc1ccccc1)N[C@@H]1CCCC[C@H]1O. The summed E-state index contributed by atoms with van der Waals surface area (Å²) in [5.41, 5.74) is 1.05. The summed E-state index contributed by atoms with van der Waals surface area (Å²) in [6.45, 7) is 0.472. The summed E-state index contributed by atoms with van der Waals surface area (Å²) >= 11 is 0. The number of nitrogens with one attached hydrogen (secondary N) is 1. The lowest BCUT2D eigenvalue weighted by atomic mass is 9.92. The second kappa shape index (κ2) is 7.26. The molecule has 1 aliphatic rings. The summed E-state index contributed by atoms with van der Waals surface area (Å²) in [5.74, 6) is -0.151. The molecule has 19 heavy (non-hydrogen) atoms. The van der Waals surface area contributed by atoms with Crippen molar-refractivity contribution in [2.24, 2.45) is 0 Å². The van der Waals surface area contributed by atoms with E-state index in [4.69, 9.17) is 4.74 Å². The van der Waals surface area contributed by atoms with Crippen molar-refractivity contribution in [3.8, 4) is 0 Å². The number of amides is 1. The van der Waals surface area contributed by atoms with E-state index in [1.54, 1.807) is 0 Å². The minimum atomic E-state index is -0.410. The highest BCUT2D eigenvalue weighted by Gasteiger charge is 2.24. The van der Waals surface area contributed by atoms with E-state index in [1.165, 1.54) is 0 Å². The first-order valence-corrected chi connectivity index (χ1v) is 6.85. The predicted octanol–water partition coefficient (Wildman–Crippen LogP) is 1.62. The Morgan fingerprint density at radius 1 is 1.26 bits per heavy atom. The molecule has 2 N–H and O–H groups in total. The van der Waals surface area contributed by atoms with Crippen LogP contribution in [0.25, 0.3) is 0 Å². The Morgan fingerprint density at radius 2 is 2.00 bits per heavy atom. The van der Waals surface area contributed by atoms with Crippen LogP contribution in [0.3, 0.4) is 0 Å². The van der Waals surface area contributed by atoms with Crippen LogP contribution < -0.4 is 5.32 Å². The number of benzene rings is 1. The van der Waals surface area contributed by atoms with E-state index >= 15 is 0 Å². The Hall–Kier alpha value is -1.39. The number of hydrogen-bond donors (Lipinski definition) is 2. The third-order valence-electron chi connectivity index (χ3n) is 3.42. The van der Waals surface area contributed by atoms with Crippen molar-refractivity contribution >= 4 is 5.91 Å². The number of aliphatic hydroxyl groups excluding tert-OH is 1. The number of aliphatic hydroxyl groups is 1. The minimum Gasteiger partial charge on any atom is -0.391 e. The maximum Gasteiger partial charge on any atom is 0.246 e. The standard InChI is InChI=1S/C15H21NO3/c17-14-9-5-4-8-13(14)16-15(18)11-19-10-12-6-2-1-3-7-12/h1-3,6-7,13-14,17H,4-5,8-11H2,(H,16,18)/t13-,14-/m1/s1. The fraction of sp³-hybridized carbons (Fsp3) is 0.533. The first-order chi connectivity index (χ1) is 9.25. The Labute approximate surface area is 113 Å². The molecule has 104 valence electrons. The van der Waals surface area contributed by atoms with E-state index in [0.717, 1.165) is 31.2 Å². The summed E-state index contributed by atoms with van der Waals surface area (Å²) in [5, 5.41) is 12.6. The third kappa shape index (κ3) is 4.65. The number of carbonyl (C=O) groups is 1. The fourth-order valence-electron chi connectivity index (χ4n) is 2.36. The van der Waals surface area contributed by atoms with E-state index < -0.39 is 6.10 Å². The average Bonchev–Trinajstić information content (AvgIpc) is 2.43. The zero-order valence-corrected chi connectivity index (χ0v) is 11.0. The molecule has 0 aromatic heterocycles. The van der Waals surface area contributed by atoms with Crippen molar-refractivity contribution in [1.82, 2.24) is 5.32 Å². The van der Waals surface area contributed by atoms with Crippen LogP contribution in [-0.4, -0.2) is 29.8 Å². The van der Waals surface area contributed by atoms with Gasteiger partial charge in [0.25, 0.3) is 0 Å². The van der Waals surface area contributed by atoms with Crippen LogP contribution in [0.1, 0.15) is 31.2 Å². The topological polar surface area (TPSA) is 58.6 Å². The molecule has 0 spiro atoms. The molecule has 2 atom stereocenters. The lowest BCUT2D eigenvalue weighted by Crippen LogP contribution is -2.46. The second-order valence-electron chi connectivity index (χ2n) is 5.00. The van der Waals surface area contributed by atoms with Gasteiger partial charge in [0.15, 0.2) is 0 Å². The largest absolute Gasteiger partial charge is 0.391 e. The molecule has 4 nitrogen and oxygen atoms in total. The third-order valence-corrected chi connectivity index (χ3v) is 3.42. The predicted molar refractivity (Wildman–Crippen MR) is 72.5 cm³/mol. The molecule has 1 amide bonds. The van der Waals surface area contributed by atoms with Crippen LogP contribution in [0.2, 0.25) is 0 Å². The number of carbonyl (C=O) groups excluding carboxylic acids is 1. The first kappa shape index (κ1) is 14.0. The van der Waals surface area contributed by atoms with Gasteiger partial charge in [-0.2, -0.15) is 0 Å². The molecule has 1 aliphatic carbocycles. The summed E-state index contributed by atoms with van der Waals surface area (Å²) in [6, 6.07) is 9.64. The van der Waals surface area contributed by atoms with Gasteiger partial charge in [0.2, 0.25) is 5.91 Å². The smallest absolute Gasteiger partial charge is 0.246 e. The summed E-state index contributed by atoms with van der Waals surface area (Å²) in [4.78, 5) is 11.7. The molecule has 0 saturated heterocycles. The van der Waals surface area contributed by atoms with Gasteiger partial charge in [0.05, 0.1) is 18.8 Å². The van der Waals surface area contributed by atoms with Crippen molar-refractivity contribution in [2.45, 2.75) is 44.4 Å². The van der Waals surface area contributed by atoms with Gasteiger partial charge in [-0.1, -0.05) is 43.2 Å². The zero-order chi connectivity index (χ0) is 13.5. The van der Waals surface area contributed by atoms with Gasteiger partial charge in [-0.05, 0) is 18.4 Å². The maximum absolute atomic E-state index is 11.7. The van der Waals surface area contributed by atoms with Gasteiger partial charge < -0.3 is 15.2 Å². The molecule has 1 saturated carbocycles. The number of rotatable bonds is 5. The van der Waals surface area contributed by atoms with Crippen molar-refractivity contribution in [2.75, 3.05) is 6.61 Å². The second-order valence-corrected chi connectivity index (χ2v) is 5.00. The highest BCUT2D eigenvalue weighted by molar-refractivity contribution is 5.77. The lowest BCUT2D eigenvalue weighted by molar-refractivity contribution is -0.128. The monoisotopic (exact) mass is 263 g/mol. The van der Waals surface area contributed by atoms with Crippen LogP contribution in [0.5, 0.6) is 0 Å². The number of ether oxygens (including phenoxy) is 1.